The number of nitrogens with one attached hydrogen (secondary N) is 1. The molecule has 0 heterocycles. The molecule has 0 aliphatic heterocycles. The van der Waals surface area contributed by atoms with E-state index in [-0.39, 0.29) is 17.8 Å². The van der Waals surface area contributed by atoms with Gasteiger partial charge >= 0.3 is 8.80 Å². The molecule has 0 fully saturated rings. The van der Waals surface area contributed by atoms with E-state index in [2.05, 4.69) is 19.2 Å². The van der Waals surface area contributed by atoms with Crippen LogP contribution in [0.3, 0.4) is 0 Å². The van der Waals surface area contributed by atoms with Crippen LogP contribution in [0.1, 0.15) is 54.4 Å². The molecule has 0 aliphatic carbocycles. The fourth-order valence-electron chi connectivity index (χ4n) is 2.35. The molecular formula is C15H36N2O3Si. The second-order valence-corrected chi connectivity index (χ2v) is 9.10. The third kappa shape index (κ3) is 11.3. The van der Waals surface area contributed by atoms with Crippen LogP contribution in [0.2, 0.25) is 6.55 Å². The van der Waals surface area contributed by atoms with Gasteiger partial charge in [0.1, 0.15) is 0 Å². The van der Waals surface area contributed by atoms with Gasteiger partial charge in [-0.2, -0.15) is 0 Å². The van der Waals surface area contributed by atoms with E-state index in [1.54, 1.807) is 0 Å². The van der Waals surface area contributed by atoms with E-state index in [0.717, 1.165) is 25.9 Å². The van der Waals surface area contributed by atoms with Gasteiger partial charge in [0.05, 0.1) is 5.60 Å². The highest BCUT2D eigenvalue weighted by Gasteiger charge is 2.42. The molecule has 0 aromatic heterocycles. The van der Waals surface area contributed by atoms with Crippen LogP contribution in [-0.4, -0.2) is 46.2 Å². The van der Waals surface area contributed by atoms with Gasteiger partial charge < -0.3 is 24.3 Å². The topological polar surface area (TPSA) is 65.7 Å². The predicted molar refractivity (Wildman–Crippen MR) is 90.4 cm³/mol. The van der Waals surface area contributed by atoms with Gasteiger partial charge in [0.25, 0.3) is 0 Å². The minimum atomic E-state index is -2.63. The summed E-state index contributed by atoms with van der Waals surface area (Å²) >= 11 is 0. The van der Waals surface area contributed by atoms with Gasteiger partial charge in [-0.05, 0) is 60.9 Å². The van der Waals surface area contributed by atoms with Gasteiger partial charge in [0, 0.05) is 31.8 Å². The normalized spacial score (nSPS) is 13.4. The third-order valence-corrected chi connectivity index (χ3v) is 5.54. The zero-order chi connectivity index (χ0) is 16.5. The lowest BCUT2D eigenvalue weighted by molar-refractivity contribution is -0.0361. The van der Waals surface area contributed by atoms with Gasteiger partial charge in [-0.25, -0.2) is 0 Å². The molecule has 0 amide bonds. The lowest BCUT2D eigenvalue weighted by Crippen LogP contribution is -2.51. The maximum atomic E-state index is 6.30. The molecular weight excluding hydrogens is 284 g/mol. The summed E-state index contributed by atoms with van der Waals surface area (Å²) in [7, 11) is -2.63. The molecule has 0 aromatic carbocycles. The highest BCUT2D eigenvalue weighted by molar-refractivity contribution is 6.59. The number of nitrogens with two attached hydrogens (primary N) is 1. The molecule has 0 aromatic rings. The van der Waals surface area contributed by atoms with Crippen molar-refractivity contribution in [1.82, 2.24) is 5.32 Å². The van der Waals surface area contributed by atoms with Crippen LogP contribution in [0.5, 0.6) is 0 Å². The molecule has 6 heteroatoms. The number of hydrogen-bond donors (Lipinski definition) is 2. The predicted octanol–water partition coefficient (Wildman–Crippen LogP) is 2.53. The largest absolute Gasteiger partial charge is 0.498 e. The lowest BCUT2D eigenvalue weighted by atomic mass is 10.0. The molecule has 0 rings (SSSR count). The maximum Gasteiger partial charge on any atom is 0.498 e. The van der Waals surface area contributed by atoms with Crippen molar-refractivity contribution in [3.8, 4) is 0 Å². The Labute approximate surface area is 132 Å². The molecule has 3 N–H and O–H groups in total. The van der Waals surface area contributed by atoms with Crippen LogP contribution >= 0.6 is 0 Å². The summed E-state index contributed by atoms with van der Waals surface area (Å²) in [5.74, 6) is 0. The van der Waals surface area contributed by atoms with Gasteiger partial charge in [-0.1, -0.05) is 0 Å². The first-order valence-electron chi connectivity index (χ1n) is 8.07. The first kappa shape index (κ1) is 21.0. The van der Waals surface area contributed by atoms with Gasteiger partial charge in [0.2, 0.25) is 0 Å². The van der Waals surface area contributed by atoms with Crippen molar-refractivity contribution in [2.24, 2.45) is 5.73 Å². The zero-order valence-corrected chi connectivity index (χ0v) is 16.0. The summed E-state index contributed by atoms with van der Waals surface area (Å²) in [6.07, 6.45) is 2.20. The van der Waals surface area contributed by atoms with Gasteiger partial charge in [0.15, 0.2) is 0 Å². The molecule has 5 nitrogen and oxygen atoms in total. The van der Waals surface area contributed by atoms with E-state index < -0.39 is 8.80 Å². The van der Waals surface area contributed by atoms with Crippen molar-refractivity contribution in [3.63, 3.8) is 0 Å². The zero-order valence-electron chi connectivity index (χ0n) is 15.0. The van der Waals surface area contributed by atoms with Crippen LogP contribution in [0.4, 0.5) is 0 Å². The van der Waals surface area contributed by atoms with Gasteiger partial charge in [-0.15, -0.1) is 0 Å². The quantitative estimate of drug-likeness (QED) is 0.427. The number of hydrogen-bond acceptors (Lipinski definition) is 5. The summed E-state index contributed by atoms with van der Waals surface area (Å²) in [5.41, 5.74) is 5.20. The fourth-order valence-corrected chi connectivity index (χ4v) is 5.32. The van der Waals surface area contributed by atoms with Crippen LogP contribution < -0.4 is 11.1 Å². The Hall–Kier alpha value is 0.0169. The summed E-state index contributed by atoms with van der Waals surface area (Å²) < 4.78 is 18.3. The standard InChI is InChI=1S/C15H36N2O3Si/c1-13(2)18-21(7,19-14(3)4)20-15(5,6)9-8-11-17-12-10-16/h13-14,17H,8-12,16H2,1-7H3. The van der Waals surface area contributed by atoms with E-state index in [1.165, 1.54) is 0 Å². The van der Waals surface area contributed by atoms with E-state index in [1.807, 2.05) is 34.2 Å². The van der Waals surface area contributed by atoms with Crippen LogP contribution in [0.15, 0.2) is 0 Å². The Balaban J connectivity index is 4.43. The first-order chi connectivity index (χ1) is 9.60. The Morgan fingerprint density at radius 3 is 2.00 bits per heavy atom. The van der Waals surface area contributed by atoms with Crippen molar-refractivity contribution < 1.29 is 13.3 Å². The number of rotatable bonds is 12. The molecule has 21 heavy (non-hydrogen) atoms. The van der Waals surface area contributed by atoms with Crippen LogP contribution in [0.25, 0.3) is 0 Å². The second-order valence-electron chi connectivity index (χ2n) is 6.70. The molecule has 0 saturated heterocycles. The van der Waals surface area contributed by atoms with Gasteiger partial charge in [-0.3, -0.25) is 0 Å². The third-order valence-electron chi connectivity index (χ3n) is 2.81. The molecule has 0 aliphatic rings. The van der Waals surface area contributed by atoms with Crippen LogP contribution in [0, 0.1) is 0 Å². The Morgan fingerprint density at radius 2 is 1.57 bits per heavy atom. The smallest absolute Gasteiger partial charge is 0.371 e. The van der Waals surface area contributed by atoms with Crippen molar-refractivity contribution in [1.29, 1.82) is 0 Å². The molecule has 0 saturated carbocycles. The fraction of sp³-hybridized carbons (Fsp3) is 1.00. The molecule has 0 spiro atoms. The van der Waals surface area contributed by atoms with E-state index >= 15 is 0 Å². The summed E-state index contributed by atoms with van der Waals surface area (Å²) in [6, 6.07) is 0. The molecule has 0 radical (unpaired) electrons. The summed E-state index contributed by atoms with van der Waals surface area (Å²) in [6.45, 7) is 16.8. The Morgan fingerprint density at radius 1 is 1.05 bits per heavy atom. The monoisotopic (exact) mass is 320 g/mol. The average molecular weight is 321 g/mol. The highest BCUT2D eigenvalue weighted by Crippen LogP contribution is 2.25. The lowest BCUT2D eigenvalue weighted by Gasteiger charge is -2.37. The van der Waals surface area contributed by atoms with E-state index in [0.29, 0.717) is 6.54 Å². The van der Waals surface area contributed by atoms with Crippen molar-refractivity contribution >= 4 is 8.80 Å². The molecule has 0 atom stereocenters. The second kappa shape index (κ2) is 9.92. The minimum absolute atomic E-state index is 0.0995. The summed E-state index contributed by atoms with van der Waals surface area (Å²) in [4.78, 5) is 0. The molecule has 0 bridgehead atoms. The minimum Gasteiger partial charge on any atom is -0.371 e. The van der Waals surface area contributed by atoms with Crippen LogP contribution in [-0.2, 0) is 13.3 Å². The average Bonchev–Trinajstić information content (AvgIpc) is 2.24. The summed E-state index contributed by atoms with van der Waals surface area (Å²) in [5, 5.41) is 3.30. The van der Waals surface area contributed by atoms with Crippen molar-refractivity contribution in [2.45, 2.75) is 78.7 Å². The SMILES string of the molecule is CC(C)O[Si](C)(OC(C)C)OC(C)(C)CCCNCCN. The van der Waals surface area contributed by atoms with E-state index in [4.69, 9.17) is 19.0 Å². The highest BCUT2D eigenvalue weighted by atomic mass is 28.4. The maximum absolute atomic E-state index is 6.30. The van der Waals surface area contributed by atoms with Crippen molar-refractivity contribution in [2.75, 3.05) is 19.6 Å². The first-order valence-corrected chi connectivity index (χ1v) is 10.3. The van der Waals surface area contributed by atoms with E-state index in [9.17, 15) is 0 Å². The molecule has 0 unspecified atom stereocenters. The Kier molecular flexibility index (Phi) is 9.93. The Bertz CT molecular complexity index is 264. The molecule has 128 valence electrons. The van der Waals surface area contributed by atoms with Crippen molar-refractivity contribution in [3.05, 3.63) is 0 Å².